The summed E-state index contributed by atoms with van der Waals surface area (Å²) in [6, 6.07) is 1.81. The minimum atomic E-state index is -0.252. The Balaban J connectivity index is 2.70. The van der Waals surface area contributed by atoms with Gasteiger partial charge in [-0.15, -0.1) is 0 Å². The van der Waals surface area contributed by atoms with Gasteiger partial charge in [0.15, 0.2) is 5.65 Å². The highest BCUT2D eigenvalue weighted by molar-refractivity contribution is 5.37. The van der Waals surface area contributed by atoms with Crippen LogP contribution in [0.4, 0.5) is 0 Å². The van der Waals surface area contributed by atoms with E-state index in [0.717, 1.165) is 5.69 Å². The first kappa shape index (κ1) is 7.97. The number of aromatic nitrogens is 4. The van der Waals surface area contributed by atoms with E-state index in [0.29, 0.717) is 11.6 Å². The molecular weight excluding hydrogens is 168 g/mol. The molecule has 0 aromatic carbocycles. The maximum atomic E-state index is 11.1. The Bertz CT molecular complexity index is 482. The number of nitrogens with zero attached hydrogens (tertiary/aromatic N) is 3. The quantitative estimate of drug-likeness (QED) is 0.693. The summed E-state index contributed by atoms with van der Waals surface area (Å²) in [6.45, 7) is 4.09. The van der Waals surface area contributed by atoms with Crippen LogP contribution in [0.1, 0.15) is 25.5 Å². The highest BCUT2D eigenvalue weighted by Crippen LogP contribution is 2.10. The first-order valence-electron chi connectivity index (χ1n) is 4.11. The standard InChI is InChI=1S/C8H10N4O/c1-5(2)6-3-7-10-11-8(13)12(7)4-9-6/h3-5H,1-2H3,(H,11,13). The molecule has 0 aliphatic heterocycles. The molecule has 2 aromatic heterocycles. The van der Waals surface area contributed by atoms with Crippen molar-refractivity contribution in [2.75, 3.05) is 0 Å². The predicted octanol–water partition coefficient (Wildman–Crippen LogP) is 0.541. The zero-order chi connectivity index (χ0) is 9.42. The molecule has 5 nitrogen and oxygen atoms in total. The van der Waals surface area contributed by atoms with Gasteiger partial charge in [-0.3, -0.25) is 0 Å². The lowest BCUT2D eigenvalue weighted by atomic mass is 10.1. The Hall–Kier alpha value is -1.65. The van der Waals surface area contributed by atoms with Gasteiger partial charge in [0.25, 0.3) is 0 Å². The Morgan fingerprint density at radius 3 is 3.00 bits per heavy atom. The third kappa shape index (κ3) is 1.22. The lowest BCUT2D eigenvalue weighted by Gasteiger charge is -2.02. The lowest BCUT2D eigenvalue weighted by Crippen LogP contribution is -2.10. The van der Waals surface area contributed by atoms with Crippen molar-refractivity contribution in [2.24, 2.45) is 0 Å². The van der Waals surface area contributed by atoms with E-state index >= 15 is 0 Å². The summed E-state index contributed by atoms with van der Waals surface area (Å²) in [5.74, 6) is 0.344. The van der Waals surface area contributed by atoms with Gasteiger partial charge in [0, 0.05) is 11.8 Å². The van der Waals surface area contributed by atoms with Crippen molar-refractivity contribution in [2.45, 2.75) is 19.8 Å². The molecule has 0 atom stereocenters. The van der Waals surface area contributed by atoms with Gasteiger partial charge in [-0.05, 0) is 5.92 Å². The fourth-order valence-electron chi connectivity index (χ4n) is 1.14. The second kappa shape index (κ2) is 2.69. The molecule has 0 unspecified atom stereocenters. The number of hydrogen-bond acceptors (Lipinski definition) is 3. The lowest BCUT2D eigenvalue weighted by molar-refractivity contribution is 0.809. The van der Waals surface area contributed by atoms with E-state index in [1.165, 1.54) is 10.7 Å². The van der Waals surface area contributed by atoms with Gasteiger partial charge in [0.05, 0.1) is 0 Å². The van der Waals surface area contributed by atoms with Crippen LogP contribution < -0.4 is 5.69 Å². The van der Waals surface area contributed by atoms with E-state index in [9.17, 15) is 4.79 Å². The zero-order valence-corrected chi connectivity index (χ0v) is 7.48. The number of aromatic amines is 1. The summed E-state index contributed by atoms with van der Waals surface area (Å²) in [4.78, 5) is 15.2. The summed E-state index contributed by atoms with van der Waals surface area (Å²) in [5.41, 5.74) is 1.30. The van der Waals surface area contributed by atoms with Crippen LogP contribution in [0.5, 0.6) is 0 Å². The van der Waals surface area contributed by atoms with E-state index in [1.807, 2.05) is 19.9 Å². The Morgan fingerprint density at radius 1 is 1.54 bits per heavy atom. The summed E-state index contributed by atoms with van der Waals surface area (Å²) in [5, 5.41) is 6.21. The molecular formula is C8H10N4O. The van der Waals surface area contributed by atoms with Crippen LogP contribution in [0, 0.1) is 0 Å². The van der Waals surface area contributed by atoms with Crippen LogP contribution in [-0.4, -0.2) is 19.6 Å². The summed E-state index contributed by atoms with van der Waals surface area (Å²) in [7, 11) is 0. The third-order valence-corrected chi connectivity index (χ3v) is 1.92. The Kier molecular flexibility index (Phi) is 1.65. The smallest absolute Gasteiger partial charge is 0.246 e. The second-order valence-electron chi connectivity index (χ2n) is 3.23. The topological polar surface area (TPSA) is 63.0 Å². The third-order valence-electron chi connectivity index (χ3n) is 1.92. The zero-order valence-electron chi connectivity index (χ0n) is 7.48. The van der Waals surface area contributed by atoms with Gasteiger partial charge in [-0.2, -0.15) is 5.10 Å². The Morgan fingerprint density at radius 2 is 2.31 bits per heavy atom. The average Bonchev–Trinajstić information content (AvgIpc) is 2.47. The molecule has 1 N–H and O–H groups in total. The maximum absolute atomic E-state index is 11.1. The van der Waals surface area contributed by atoms with Crippen molar-refractivity contribution in [3.63, 3.8) is 0 Å². The molecule has 0 saturated heterocycles. The minimum Gasteiger partial charge on any atom is -0.246 e. The van der Waals surface area contributed by atoms with Crippen LogP contribution in [0.2, 0.25) is 0 Å². The first-order valence-corrected chi connectivity index (χ1v) is 4.11. The van der Waals surface area contributed by atoms with Crippen molar-refractivity contribution in [1.82, 2.24) is 19.6 Å². The number of H-pyrrole nitrogens is 1. The van der Waals surface area contributed by atoms with Gasteiger partial charge < -0.3 is 0 Å². The fourth-order valence-corrected chi connectivity index (χ4v) is 1.14. The van der Waals surface area contributed by atoms with Crippen LogP contribution in [0.25, 0.3) is 5.65 Å². The maximum Gasteiger partial charge on any atom is 0.348 e. The summed E-state index contributed by atoms with van der Waals surface area (Å²) < 4.78 is 1.38. The predicted molar refractivity (Wildman–Crippen MR) is 47.7 cm³/mol. The normalized spacial score (nSPS) is 11.3. The van der Waals surface area contributed by atoms with E-state index in [4.69, 9.17) is 0 Å². The number of rotatable bonds is 1. The number of hydrogen-bond donors (Lipinski definition) is 1. The molecule has 0 saturated carbocycles. The molecule has 13 heavy (non-hydrogen) atoms. The monoisotopic (exact) mass is 178 g/mol. The molecule has 68 valence electrons. The van der Waals surface area contributed by atoms with Gasteiger partial charge in [-0.25, -0.2) is 19.3 Å². The molecule has 0 aliphatic carbocycles. The average molecular weight is 178 g/mol. The number of nitrogens with one attached hydrogen (secondary N) is 1. The minimum absolute atomic E-state index is 0.252. The van der Waals surface area contributed by atoms with Crippen molar-refractivity contribution < 1.29 is 0 Å². The molecule has 2 aromatic rings. The molecule has 0 amide bonds. The van der Waals surface area contributed by atoms with E-state index in [-0.39, 0.29) is 5.69 Å². The molecule has 0 aliphatic rings. The molecule has 0 fully saturated rings. The Labute approximate surface area is 74.4 Å². The first-order chi connectivity index (χ1) is 6.18. The second-order valence-corrected chi connectivity index (χ2v) is 3.23. The summed E-state index contributed by atoms with van der Waals surface area (Å²) >= 11 is 0. The van der Waals surface area contributed by atoms with Gasteiger partial charge >= 0.3 is 5.69 Å². The van der Waals surface area contributed by atoms with Gasteiger partial charge in [0.1, 0.15) is 6.33 Å². The van der Waals surface area contributed by atoms with Gasteiger partial charge in [0.2, 0.25) is 0 Å². The van der Waals surface area contributed by atoms with Gasteiger partial charge in [-0.1, -0.05) is 13.8 Å². The van der Waals surface area contributed by atoms with E-state index in [1.54, 1.807) is 0 Å². The van der Waals surface area contributed by atoms with Crippen molar-refractivity contribution in [3.05, 3.63) is 28.6 Å². The largest absolute Gasteiger partial charge is 0.348 e. The number of fused-ring (bicyclic) bond motifs is 1. The SMILES string of the molecule is CC(C)c1cc2n[nH]c(=O)n2cn1. The molecule has 2 rings (SSSR count). The molecule has 0 radical (unpaired) electrons. The van der Waals surface area contributed by atoms with Crippen molar-refractivity contribution >= 4 is 5.65 Å². The van der Waals surface area contributed by atoms with E-state index < -0.39 is 0 Å². The highest BCUT2D eigenvalue weighted by atomic mass is 16.1. The molecule has 0 bridgehead atoms. The molecule has 5 heteroatoms. The molecule has 2 heterocycles. The van der Waals surface area contributed by atoms with E-state index in [2.05, 4.69) is 15.2 Å². The molecule has 0 spiro atoms. The van der Waals surface area contributed by atoms with Crippen molar-refractivity contribution in [3.8, 4) is 0 Å². The van der Waals surface area contributed by atoms with Crippen molar-refractivity contribution in [1.29, 1.82) is 0 Å². The van der Waals surface area contributed by atoms with Crippen LogP contribution >= 0.6 is 0 Å². The van der Waals surface area contributed by atoms with Crippen LogP contribution in [-0.2, 0) is 0 Å². The van der Waals surface area contributed by atoms with Crippen LogP contribution in [0.15, 0.2) is 17.2 Å². The highest BCUT2D eigenvalue weighted by Gasteiger charge is 2.04. The fraction of sp³-hybridized carbons (Fsp3) is 0.375. The summed E-state index contributed by atoms with van der Waals surface area (Å²) in [6.07, 6.45) is 1.50. The van der Waals surface area contributed by atoms with Crippen LogP contribution in [0.3, 0.4) is 0 Å².